The van der Waals surface area contributed by atoms with Crippen LogP contribution in [-0.2, 0) is 9.53 Å². The van der Waals surface area contributed by atoms with Gasteiger partial charge in [-0.1, -0.05) is 6.07 Å². The number of piperidine rings is 1. The first kappa shape index (κ1) is 19.2. The molecular weight excluding hydrogens is 350 g/mol. The van der Waals surface area contributed by atoms with Gasteiger partial charge < -0.3 is 19.9 Å². The zero-order valence-electron chi connectivity index (χ0n) is 15.5. The van der Waals surface area contributed by atoms with Crippen molar-refractivity contribution in [2.45, 2.75) is 38.2 Å². The van der Waals surface area contributed by atoms with Gasteiger partial charge in [0.05, 0.1) is 6.54 Å². The van der Waals surface area contributed by atoms with E-state index >= 15 is 0 Å². The van der Waals surface area contributed by atoms with Crippen LogP contribution in [0.15, 0.2) is 17.5 Å². The zero-order chi connectivity index (χ0) is 18.4. The molecule has 1 N–H and O–H groups in total. The van der Waals surface area contributed by atoms with E-state index in [0.717, 1.165) is 56.7 Å². The molecular formula is C19H29N3O3S. The van der Waals surface area contributed by atoms with E-state index in [1.54, 1.807) is 18.4 Å². The van der Waals surface area contributed by atoms with Crippen LogP contribution < -0.4 is 5.32 Å². The Morgan fingerprint density at radius 3 is 2.81 bits per heavy atom. The molecule has 0 aliphatic carbocycles. The van der Waals surface area contributed by atoms with Gasteiger partial charge in [-0.15, -0.1) is 11.3 Å². The predicted octanol–water partition coefficient (Wildman–Crippen LogP) is 2.87. The molecule has 1 aromatic heterocycles. The lowest BCUT2D eigenvalue weighted by molar-refractivity contribution is -0.127. The van der Waals surface area contributed by atoms with Crippen molar-refractivity contribution < 1.29 is 14.3 Å². The Hall–Kier alpha value is -1.60. The number of amides is 3. The van der Waals surface area contributed by atoms with Crippen LogP contribution in [0.1, 0.15) is 43.1 Å². The van der Waals surface area contributed by atoms with Crippen LogP contribution in [0.4, 0.5) is 4.79 Å². The Bertz CT molecular complexity index is 585. The van der Waals surface area contributed by atoms with Crippen LogP contribution in [0.25, 0.3) is 0 Å². The average molecular weight is 380 g/mol. The smallest absolute Gasteiger partial charge is 0.317 e. The Morgan fingerprint density at radius 1 is 1.38 bits per heavy atom. The molecule has 0 unspecified atom stereocenters. The van der Waals surface area contributed by atoms with E-state index in [0.29, 0.717) is 24.8 Å². The number of methoxy groups -OCH3 is 1. The molecule has 0 aromatic carbocycles. The maximum Gasteiger partial charge on any atom is 0.317 e. The van der Waals surface area contributed by atoms with Gasteiger partial charge in [0.15, 0.2) is 0 Å². The first-order valence-electron chi connectivity index (χ1n) is 9.54. The van der Waals surface area contributed by atoms with E-state index in [4.69, 9.17) is 4.74 Å². The van der Waals surface area contributed by atoms with Gasteiger partial charge in [-0.25, -0.2) is 4.79 Å². The molecule has 7 heteroatoms. The van der Waals surface area contributed by atoms with Crippen molar-refractivity contribution in [3.8, 4) is 0 Å². The minimum Gasteiger partial charge on any atom is -0.374 e. The minimum atomic E-state index is -0.0884. The van der Waals surface area contributed by atoms with E-state index < -0.39 is 0 Å². The maximum absolute atomic E-state index is 12.4. The SMILES string of the molecule is CO[C@@H](CNC(=O)N1CCC(CCN2CCCC2=O)CC1)c1cccs1. The van der Waals surface area contributed by atoms with Crippen molar-refractivity contribution >= 4 is 23.3 Å². The highest BCUT2D eigenvalue weighted by Gasteiger charge is 2.25. The summed E-state index contributed by atoms with van der Waals surface area (Å²) >= 11 is 1.64. The normalized spacial score (nSPS) is 19.8. The molecule has 0 spiro atoms. The Balaban J connectivity index is 1.36. The van der Waals surface area contributed by atoms with Crippen molar-refractivity contribution in [1.29, 1.82) is 0 Å². The van der Waals surface area contributed by atoms with Crippen LogP contribution in [-0.4, -0.2) is 61.6 Å². The van der Waals surface area contributed by atoms with E-state index in [9.17, 15) is 9.59 Å². The fourth-order valence-corrected chi connectivity index (χ4v) is 4.57. The average Bonchev–Trinajstić information content (AvgIpc) is 3.33. The largest absolute Gasteiger partial charge is 0.374 e. The monoisotopic (exact) mass is 379 g/mol. The summed E-state index contributed by atoms with van der Waals surface area (Å²) in [4.78, 5) is 29.1. The standard InChI is InChI=1S/C19H29N3O3S/c1-25-16(17-4-3-13-26-17)14-20-19(24)22-11-7-15(8-12-22)6-10-21-9-2-5-18(21)23/h3-4,13,15-16H,2,5-12,14H2,1H3,(H,20,24)/t16-/m0/s1. The van der Waals surface area contributed by atoms with Crippen molar-refractivity contribution in [2.75, 3.05) is 39.8 Å². The molecule has 2 aliphatic heterocycles. The molecule has 3 amide bonds. The molecule has 0 saturated carbocycles. The second-order valence-corrected chi connectivity index (χ2v) is 8.11. The number of rotatable bonds is 7. The summed E-state index contributed by atoms with van der Waals surface area (Å²) in [7, 11) is 1.67. The topological polar surface area (TPSA) is 61.9 Å². The minimum absolute atomic E-state index is 0.00298. The molecule has 0 bridgehead atoms. The highest BCUT2D eigenvalue weighted by molar-refractivity contribution is 7.10. The van der Waals surface area contributed by atoms with Crippen LogP contribution in [0.3, 0.4) is 0 Å². The van der Waals surface area contributed by atoms with Gasteiger partial charge in [0, 0.05) is 44.6 Å². The number of hydrogen-bond acceptors (Lipinski definition) is 4. The first-order valence-corrected chi connectivity index (χ1v) is 10.4. The fourth-order valence-electron chi connectivity index (χ4n) is 3.77. The summed E-state index contributed by atoms with van der Waals surface area (Å²) in [5, 5.41) is 5.02. The predicted molar refractivity (Wildman–Crippen MR) is 102 cm³/mol. The molecule has 26 heavy (non-hydrogen) atoms. The quantitative estimate of drug-likeness (QED) is 0.792. The van der Waals surface area contributed by atoms with Gasteiger partial charge in [0.2, 0.25) is 5.91 Å². The fraction of sp³-hybridized carbons (Fsp3) is 0.684. The lowest BCUT2D eigenvalue weighted by atomic mass is 9.93. The maximum atomic E-state index is 12.4. The summed E-state index contributed by atoms with van der Waals surface area (Å²) < 4.78 is 5.48. The molecule has 6 nitrogen and oxygen atoms in total. The number of carbonyl (C=O) groups excluding carboxylic acids is 2. The van der Waals surface area contributed by atoms with Crippen LogP contribution in [0.2, 0.25) is 0 Å². The number of hydrogen-bond donors (Lipinski definition) is 1. The lowest BCUT2D eigenvalue weighted by Crippen LogP contribution is -2.45. The van der Waals surface area contributed by atoms with Gasteiger partial charge in [-0.3, -0.25) is 4.79 Å². The molecule has 1 atom stereocenters. The second kappa shape index (κ2) is 9.37. The lowest BCUT2D eigenvalue weighted by Gasteiger charge is -2.33. The third-order valence-electron chi connectivity index (χ3n) is 5.46. The van der Waals surface area contributed by atoms with Crippen LogP contribution in [0, 0.1) is 5.92 Å². The summed E-state index contributed by atoms with van der Waals surface area (Å²) in [5.41, 5.74) is 0. The highest BCUT2D eigenvalue weighted by atomic mass is 32.1. The molecule has 3 rings (SSSR count). The first-order chi connectivity index (χ1) is 12.7. The second-order valence-electron chi connectivity index (χ2n) is 7.13. The number of urea groups is 1. The number of carbonyl (C=O) groups is 2. The number of nitrogens with zero attached hydrogens (tertiary/aromatic N) is 2. The third kappa shape index (κ3) is 4.98. The van der Waals surface area contributed by atoms with Crippen molar-refractivity contribution in [2.24, 2.45) is 5.92 Å². The molecule has 0 radical (unpaired) electrons. The van der Waals surface area contributed by atoms with Crippen molar-refractivity contribution in [3.63, 3.8) is 0 Å². The number of thiophene rings is 1. The van der Waals surface area contributed by atoms with Gasteiger partial charge in [0.25, 0.3) is 0 Å². The van der Waals surface area contributed by atoms with Gasteiger partial charge in [-0.05, 0) is 43.0 Å². The Kier molecular flexibility index (Phi) is 6.91. The molecule has 2 fully saturated rings. The summed E-state index contributed by atoms with van der Waals surface area (Å²) in [6, 6.07) is 4.02. The molecule has 2 saturated heterocycles. The molecule has 144 valence electrons. The number of likely N-dealkylation sites (tertiary alicyclic amines) is 2. The van der Waals surface area contributed by atoms with Crippen LogP contribution in [0.5, 0.6) is 0 Å². The van der Waals surface area contributed by atoms with E-state index in [-0.39, 0.29) is 12.1 Å². The molecule has 2 aliphatic rings. The summed E-state index contributed by atoms with van der Waals surface area (Å²) in [6.07, 6.45) is 4.74. The van der Waals surface area contributed by atoms with Crippen molar-refractivity contribution in [3.05, 3.63) is 22.4 Å². The van der Waals surface area contributed by atoms with Crippen LogP contribution >= 0.6 is 11.3 Å². The van der Waals surface area contributed by atoms with Crippen molar-refractivity contribution in [1.82, 2.24) is 15.1 Å². The van der Waals surface area contributed by atoms with Gasteiger partial charge >= 0.3 is 6.03 Å². The van der Waals surface area contributed by atoms with Gasteiger partial charge in [0.1, 0.15) is 6.10 Å². The Morgan fingerprint density at radius 2 is 2.19 bits per heavy atom. The molecule has 1 aromatic rings. The van der Waals surface area contributed by atoms with E-state index in [1.165, 1.54) is 0 Å². The zero-order valence-corrected chi connectivity index (χ0v) is 16.3. The molecule has 3 heterocycles. The number of ether oxygens (including phenoxy) is 1. The van der Waals surface area contributed by atoms with Gasteiger partial charge in [-0.2, -0.15) is 0 Å². The third-order valence-corrected chi connectivity index (χ3v) is 6.43. The van der Waals surface area contributed by atoms with E-state index in [1.807, 2.05) is 27.3 Å². The Labute approximate surface area is 159 Å². The van der Waals surface area contributed by atoms with E-state index in [2.05, 4.69) is 5.32 Å². The highest BCUT2D eigenvalue weighted by Crippen LogP contribution is 2.23. The summed E-state index contributed by atoms with van der Waals surface area (Å²) in [5.74, 6) is 0.922. The summed E-state index contributed by atoms with van der Waals surface area (Å²) in [6.45, 7) is 3.88. The number of nitrogens with one attached hydrogen (secondary N) is 1.